The third-order valence-corrected chi connectivity index (χ3v) is 4.36. The first-order valence-corrected chi connectivity index (χ1v) is 8.86. The summed E-state index contributed by atoms with van der Waals surface area (Å²) in [4.78, 5) is 14.7. The van der Waals surface area contributed by atoms with Gasteiger partial charge in [0.05, 0.1) is 13.2 Å². The van der Waals surface area contributed by atoms with E-state index in [4.69, 9.17) is 13.9 Å². The Morgan fingerprint density at radius 3 is 2.62 bits per heavy atom. The zero-order valence-corrected chi connectivity index (χ0v) is 16.0. The van der Waals surface area contributed by atoms with Crippen molar-refractivity contribution in [2.45, 2.75) is 26.5 Å². The molecule has 2 rings (SSSR count). The minimum atomic E-state index is -0.229. The van der Waals surface area contributed by atoms with Crippen molar-refractivity contribution >= 4 is 5.91 Å². The lowest BCUT2D eigenvalue weighted by molar-refractivity contribution is 0.0898. The lowest BCUT2D eigenvalue weighted by Gasteiger charge is -2.30. The van der Waals surface area contributed by atoms with Crippen LogP contribution in [0.5, 0.6) is 5.75 Å². The number of hydrogen-bond acceptors (Lipinski definition) is 5. The van der Waals surface area contributed by atoms with Gasteiger partial charge in [-0.2, -0.15) is 0 Å². The van der Waals surface area contributed by atoms with Crippen LogP contribution in [0.2, 0.25) is 0 Å². The number of nitrogens with one attached hydrogen (secondary N) is 1. The van der Waals surface area contributed by atoms with Gasteiger partial charge >= 0.3 is 0 Å². The Bertz CT molecular complexity index is 695. The van der Waals surface area contributed by atoms with Gasteiger partial charge in [-0.15, -0.1) is 0 Å². The van der Waals surface area contributed by atoms with E-state index in [1.807, 2.05) is 18.2 Å². The molecule has 0 fully saturated rings. The van der Waals surface area contributed by atoms with Crippen LogP contribution in [0.3, 0.4) is 0 Å². The Hall–Kier alpha value is -2.31. The number of benzene rings is 1. The molecule has 2 aromatic rings. The summed E-state index contributed by atoms with van der Waals surface area (Å²) in [5.41, 5.74) is 1.10. The highest BCUT2D eigenvalue weighted by atomic mass is 16.5. The molecule has 0 spiro atoms. The molecular weight excluding hydrogens is 332 g/mol. The summed E-state index contributed by atoms with van der Waals surface area (Å²) in [5, 5.41) is 2.98. The number of nitrogens with zero attached hydrogens (tertiary/aromatic N) is 1. The molecule has 1 atom stereocenters. The Balaban J connectivity index is 2.11. The Morgan fingerprint density at radius 2 is 1.96 bits per heavy atom. The molecule has 1 N–H and O–H groups in total. The standard InChI is InChI=1S/C20H28N2O4/c1-5-22(6-2)18(15-8-7-9-16(12-15)25-4)13-21-20(23)19-11-10-17(26-19)14-24-3/h7-12,18H,5-6,13-14H2,1-4H3,(H,21,23). The van der Waals surface area contributed by atoms with Crippen LogP contribution in [-0.4, -0.2) is 44.7 Å². The molecule has 0 aliphatic heterocycles. The van der Waals surface area contributed by atoms with Gasteiger partial charge in [-0.05, 0) is 42.9 Å². The monoisotopic (exact) mass is 360 g/mol. The van der Waals surface area contributed by atoms with Crippen LogP contribution < -0.4 is 10.1 Å². The number of likely N-dealkylation sites (N-methyl/N-ethyl adjacent to an activating group) is 1. The summed E-state index contributed by atoms with van der Waals surface area (Å²) in [6.07, 6.45) is 0. The van der Waals surface area contributed by atoms with E-state index in [9.17, 15) is 4.79 Å². The zero-order valence-electron chi connectivity index (χ0n) is 16.0. The minimum absolute atomic E-state index is 0.0532. The number of ether oxygens (including phenoxy) is 2. The number of amides is 1. The molecule has 0 aliphatic carbocycles. The van der Waals surface area contributed by atoms with Crippen molar-refractivity contribution in [2.24, 2.45) is 0 Å². The lowest BCUT2D eigenvalue weighted by Crippen LogP contribution is -2.38. The van der Waals surface area contributed by atoms with E-state index in [0.717, 1.165) is 24.4 Å². The first kappa shape index (κ1) is 20.0. The highest BCUT2D eigenvalue weighted by Crippen LogP contribution is 2.24. The Kier molecular flexibility index (Phi) is 7.69. The fourth-order valence-electron chi connectivity index (χ4n) is 2.97. The zero-order chi connectivity index (χ0) is 18.9. The maximum Gasteiger partial charge on any atom is 0.287 e. The molecule has 26 heavy (non-hydrogen) atoms. The molecular formula is C20H28N2O4. The van der Waals surface area contributed by atoms with Gasteiger partial charge in [0.1, 0.15) is 18.1 Å². The summed E-state index contributed by atoms with van der Waals surface area (Å²) in [5.74, 6) is 1.50. The van der Waals surface area contributed by atoms with E-state index in [1.165, 1.54) is 0 Å². The third kappa shape index (κ3) is 5.09. The summed E-state index contributed by atoms with van der Waals surface area (Å²) in [7, 11) is 3.24. The van der Waals surface area contributed by atoms with Crippen molar-refractivity contribution in [1.29, 1.82) is 0 Å². The minimum Gasteiger partial charge on any atom is -0.497 e. The van der Waals surface area contributed by atoms with Gasteiger partial charge in [0.25, 0.3) is 5.91 Å². The van der Waals surface area contributed by atoms with Crippen LogP contribution in [0.25, 0.3) is 0 Å². The largest absolute Gasteiger partial charge is 0.497 e. The van der Waals surface area contributed by atoms with Crippen LogP contribution >= 0.6 is 0 Å². The summed E-state index contributed by atoms with van der Waals surface area (Å²) in [6.45, 7) is 6.82. The normalized spacial score (nSPS) is 12.2. The number of furan rings is 1. The van der Waals surface area contributed by atoms with E-state index in [-0.39, 0.29) is 11.9 Å². The average Bonchev–Trinajstić information content (AvgIpc) is 3.14. The van der Waals surface area contributed by atoms with E-state index >= 15 is 0 Å². The quantitative estimate of drug-likeness (QED) is 0.705. The third-order valence-electron chi connectivity index (χ3n) is 4.36. The van der Waals surface area contributed by atoms with Gasteiger partial charge in [-0.1, -0.05) is 26.0 Å². The van der Waals surface area contributed by atoms with Gasteiger partial charge in [0, 0.05) is 13.7 Å². The van der Waals surface area contributed by atoms with Gasteiger partial charge in [-0.25, -0.2) is 0 Å². The van der Waals surface area contributed by atoms with Gasteiger partial charge < -0.3 is 19.2 Å². The van der Waals surface area contributed by atoms with Gasteiger partial charge in [0.2, 0.25) is 0 Å². The van der Waals surface area contributed by atoms with E-state index in [1.54, 1.807) is 26.4 Å². The average molecular weight is 360 g/mol. The molecule has 0 aliphatic rings. The summed E-state index contributed by atoms with van der Waals surface area (Å²) < 4.78 is 15.9. The Labute approximate surface area is 155 Å². The maximum absolute atomic E-state index is 12.4. The van der Waals surface area contributed by atoms with Crippen molar-refractivity contribution in [3.05, 3.63) is 53.5 Å². The molecule has 6 heteroatoms. The molecule has 0 saturated heterocycles. The molecule has 0 bridgehead atoms. The first-order valence-electron chi connectivity index (χ1n) is 8.86. The van der Waals surface area contributed by atoms with E-state index in [0.29, 0.717) is 24.7 Å². The van der Waals surface area contributed by atoms with Crippen LogP contribution in [0.15, 0.2) is 40.8 Å². The molecule has 0 saturated carbocycles. The van der Waals surface area contributed by atoms with Crippen molar-refractivity contribution in [3.8, 4) is 5.75 Å². The molecule has 142 valence electrons. The fourth-order valence-corrected chi connectivity index (χ4v) is 2.97. The molecule has 1 unspecified atom stereocenters. The highest BCUT2D eigenvalue weighted by Gasteiger charge is 2.20. The molecule has 0 radical (unpaired) electrons. The van der Waals surface area contributed by atoms with Crippen LogP contribution in [-0.2, 0) is 11.3 Å². The van der Waals surface area contributed by atoms with Crippen LogP contribution in [0, 0.1) is 0 Å². The first-order chi connectivity index (χ1) is 12.6. The predicted molar refractivity (Wildman–Crippen MR) is 100 cm³/mol. The fraction of sp³-hybridized carbons (Fsp3) is 0.450. The second kappa shape index (κ2) is 9.99. The van der Waals surface area contributed by atoms with Crippen molar-refractivity contribution < 1.29 is 18.7 Å². The lowest BCUT2D eigenvalue weighted by atomic mass is 10.0. The molecule has 1 aromatic carbocycles. The molecule has 1 heterocycles. The number of methoxy groups -OCH3 is 2. The van der Waals surface area contributed by atoms with Gasteiger partial charge in [0.15, 0.2) is 5.76 Å². The summed E-state index contributed by atoms with van der Waals surface area (Å²) >= 11 is 0. The number of carbonyl (C=O) groups excluding carboxylic acids is 1. The van der Waals surface area contributed by atoms with Crippen LogP contribution in [0.1, 0.15) is 41.8 Å². The molecule has 1 aromatic heterocycles. The van der Waals surface area contributed by atoms with Crippen molar-refractivity contribution in [3.63, 3.8) is 0 Å². The number of carbonyl (C=O) groups is 1. The highest BCUT2D eigenvalue weighted by molar-refractivity contribution is 5.91. The van der Waals surface area contributed by atoms with Gasteiger partial charge in [-0.3, -0.25) is 9.69 Å². The topological polar surface area (TPSA) is 63.9 Å². The number of hydrogen-bond donors (Lipinski definition) is 1. The second-order valence-corrected chi connectivity index (χ2v) is 5.92. The maximum atomic E-state index is 12.4. The molecule has 1 amide bonds. The second-order valence-electron chi connectivity index (χ2n) is 5.92. The predicted octanol–water partition coefficient (Wildman–Crippen LogP) is 3.25. The smallest absolute Gasteiger partial charge is 0.287 e. The summed E-state index contributed by atoms with van der Waals surface area (Å²) in [6, 6.07) is 11.4. The van der Waals surface area contributed by atoms with Crippen molar-refractivity contribution in [2.75, 3.05) is 33.9 Å². The van der Waals surface area contributed by atoms with Crippen molar-refractivity contribution in [1.82, 2.24) is 10.2 Å². The number of rotatable bonds is 10. The van der Waals surface area contributed by atoms with Crippen LogP contribution in [0.4, 0.5) is 0 Å². The molecule has 6 nitrogen and oxygen atoms in total. The Morgan fingerprint density at radius 1 is 1.19 bits per heavy atom. The SMILES string of the molecule is CCN(CC)C(CNC(=O)c1ccc(COC)o1)c1cccc(OC)c1. The van der Waals surface area contributed by atoms with E-state index in [2.05, 4.69) is 30.1 Å². The van der Waals surface area contributed by atoms with E-state index < -0.39 is 0 Å².